The number of aromatic nitrogens is 1. The highest BCUT2D eigenvalue weighted by Gasteiger charge is 2.11. The smallest absolute Gasteiger partial charge is 0.0723 e. The van der Waals surface area contributed by atoms with E-state index in [0.29, 0.717) is 0 Å². The predicted molar refractivity (Wildman–Crippen MR) is 97.7 cm³/mol. The van der Waals surface area contributed by atoms with Gasteiger partial charge in [0.05, 0.1) is 18.7 Å². The standard InChI is InChI=1S/C20H21N3O/c21-19-6-7-22-20-5-4-17(13-18(19)20)16-3-1-2-15(12-16)14-23-8-10-24-11-9-23/h1-7,12-13H,8-11,14H2,(H2,21,22). The Labute approximate surface area is 141 Å². The van der Waals surface area contributed by atoms with E-state index in [1.54, 1.807) is 6.20 Å². The fourth-order valence-electron chi connectivity index (χ4n) is 3.21. The van der Waals surface area contributed by atoms with Crippen LogP contribution in [0.3, 0.4) is 0 Å². The van der Waals surface area contributed by atoms with Crippen molar-refractivity contribution < 1.29 is 4.74 Å². The highest BCUT2D eigenvalue weighted by Crippen LogP contribution is 2.27. The molecule has 2 heterocycles. The first-order valence-electron chi connectivity index (χ1n) is 8.33. The van der Waals surface area contributed by atoms with Gasteiger partial charge in [0.1, 0.15) is 0 Å². The third-order valence-corrected chi connectivity index (χ3v) is 4.55. The summed E-state index contributed by atoms with van der Waals surface area (Å²) in [5, 5.41) is 1.01. The van der Waals surface area contributed by atoms with Gasteiger partial charge in [0, 0.05) is 36.9 Å². The molecule has 0 spiro atoms. The molecule has 4 nitrogen and oxygen atoms in total. The lowest BCUT2D eigenvalue weighted by molar-refractivity contribution is 0.0342. The number of ether oxygens (including phenoxy) is 1. The quantitative estimate of drug-likeness (QED) is 0.804. The highest BCUT2D eigenvalue weighted by atomic mass is 16.5. The summed E-state index contributed by atoms with van der Waals surface area (Å²) in [6.45, 7) is 4.63. The van der Waals surface area contributed by atoms with Gasteiger partial charge in [0.15, 0.2) is 0 Å². The number of nitrogens with two attached hydrogens (primary N) is 1. The van der Waals surface area contributed by atoms with E-state index in [1.165, 1.54) is 16.7 Å². The van der Waals surface area contributed by atoms with Crippen molar-refractivity contribution in [2.24, 2.45) is 0 Å². The van der Waals surface area contributed by atoms with Crippen LogP contribution in [0, 0.1) is 0 Å². The minimum atomic E-state index is 0.770. The molecule has 1 aliphatic heterocycles. The molecule has 122 valence electrons. The van der Waals surface area contributed by atoms with Gasteiger partial charge in [-0.25, -0.2) is 0 Å². The van der Waals surface area contributed by atoms with Crippen molar-refractivity contribution in [3.63, 3.8) is 0 Å². The summed E-state index contributed by atoms with van der Waals surface area (Å²) in [5.74, 6) is 0. The average Bonchev–Trinajstić information content (AvgIpc) is 2.63. The maximum atomic E-state index is 6.10. The van der Waals surface area contributed by atoms with E-state index in [2.05, 4.69) is 46.3 Å². The minimum absolute atomic E-state index is 0.770. The van der Waals surface area contributed by atoms with Crippen LogP contribution in [0.1, 0.15) is 5.56 Å². The Kier molecular flexibility index (Phi) is 4.15. The lowest BCUT2D eigenvalue weighted by atomic mass is 10.0. The molecule has 1 saturated heterocycles. The molecule has 2 aromatic carbocycles. The summed E-state index contributed by atoms with van der Waals surface area (Å²) >= 11 is 0. The Hall–Kier alpha value is -2.43. The predicted octanol–water partition coefficient (Wildman–Crippen LogP) is 3.32. The topological polar surface area (TPSA) is 51.4 Å². The molecule has 1 fully saturated rings. The molecule has 24 heavy (non-hydrogen) atoms. The van der Waals surface area contributed by atoms with Crippen LogP contribution in [0.25, 0.3) is 22.0 Å². The summed E-state index contributed by atoms with van der Waals surface area (Å²) in [5.41, 5.74) is 11.5. The van der Waals surface area contributed by atoms with Crippen molar-refractivity contribution in [1.29, 1.82) is 0 Å². The molecule has 4 heteroatoms. The van der Waals surface area contributed by atoms with Crippen molar-refractivity contribution >= 4 is 16.6 Å². The number of pyridine rings is 1. The van der Waals surface area contributed by atoms with Crippen LogP contribution >= 0.6 is 0 Å². The van der Waals surface area contributed by atoms with Crippen molar-refractivity contribution in [2.75, 3.05) is 32.0 Å². The second-order valence-corrected chi connectivity index (χ2v) is 6.22. The maximum absolute atomic E-state index is 6.10. The van der Waals surface area contributed by atoms with Gasteiger partial charge < -0.3 is 10.5 Å². The van der Waals surface area contributed by atoms with Gasteiger partial charge in [-0.05, 0) is 41.0 Å². The van der Waals surface area contributed by atoms with Crippen molar-refractivity contribution in [3.8, 4) is 11.1 Å². The Morgan fingerprint density at radius 2 is 1.83 bits per heavy atom. The van der Waals surface area contributed by atoms with Gasteiger partial charge >= 0.3 is 0 Å². The number of fused-ring (bicyclic) bond motifs is 1. The highest BCUT2D eigenvalue weighted by molar-refractivity contribution is 5.93. The van der Waals surface area contributed by atoms with Crippen LogP contribution in [-0.2, 0) is 11.3 Å². The van der Waals surface area contributed by atoms with Crippen LogP contribution in [-0.4, -0.2) is 36.2 Å². The number of benzene rings is 2. The molecular formula is C20H21N3O. The van der Waals surface area contributed by atoms with Gasteiger partial charge in [-0.1, -0.05) is 24.3 Å². The second-order valence-electron chi connectivity index (χ2n) is 6.22. The van der Waals surface area contributed by atoms with Crippen molar-refractivity contribution in [1.82, 2.24) is 9.88 Å². The Bertz CT molecular complexity index is 856. The number of morpholine rings is 1. The van der Waals surface area contributed by atoms with Crippen LogP contribution in [0.15, 0.2) is 54.7 Å². The molecule has 1 aliphatic rings. The zero-order valence-electron chi connectivity index (χ0n) is 13.6. The lowest BCUT2D eigenvalue weighted by Crippen LogP contribution is -2.35. The number of nitrogens with zero attached hydrogens (tertiary/aromatic N) is 2. The first kappa shape index (κ1) is 15.1. The number of hydrogen-bond donors (Lipinski definition) is 1. The molecule has 3 aromatic rings. The molecular weight excluding hydrogens is 298 g/mol. The largest absolute Gasteiger partial charge is 0.398 e. The van der Waals surface area contributed by atoms with E-state index in [9.17, 15) is 0 Å². The van der Waals surface area contributed by atoms with Gasteiger partial charge in [-0.3, -0.25) is 9.88 Å². The first-order chi connectivity index (χ1) is 11.8. The van der Waals surface area contributed by atoms with Gasteiger partial charge in [0.25, 0.3) is 0 Å². The summed E-state index contributed by atoms with van der Waals surface area (Å²) in [4.78, 5) is 6.81. The molecule has 4 rings (SSSR count). The summed E-state index contributed by atoms with van der Waals surface area (Å²) in [6, 6.07) is 16.9. The SMILES string of the molecule is Nc1ccnc2ccc(-c3cccc(CN4CCOCC4)c3)cc12. The summed E-state index contributed by atoms with van der Waals surface area (Å²) < 4.78 is 5.42. The van der Waals surface area contributed by atoms with E-state index in [1.807, 2.05) is 12.1 Å². The van der Waals surface area contributed by atoms with Crippen molar-refractivity contribution in [3.05, 3.63) is 60.3 Å². The Balaban J connectivity index is 1.64. The van der Waals surface area contributed by atoms with Gasteiger partial charge in [-0.2, -0.15) is 0 Å². The molecule has 1 aromatic heterocycles. The van der Waals surface area contributed by atoms with E-state index in [0.717, 1.165) is 49.4 Å². The summed E-state index contributed by atoms with van der Waals surface area (Å²) in [6.07, 6.45) is 1.75. The lowest BCUT2D eigenvalue weighted by Gasteiger charge is -2.26. The van der Waals surface area contributed by atoms with E-state index >= 15 is 0 Å². The normalized spacial score (nSPS) is 15.7. The zero-order valence-corrected chi connectivity index (χ0v) is 13.6. The van der Waals surface area contributed by atoms with Gasteiger partial charge in [-0.15, -0.1) is 0 Å². The Morgan fingerprint density at radius 1 is 1.00 bits per heavy atom. The molecule has 2 N–H and O–H groups in total. The van der Waals surface area contributed by atoms with E-state index in [-0.39, 0.29) is 0 Å². The number of anilines is 1. The Morgan fingerprint density at radius 3 is 2.71 bits per heavy atom. The second kappa shape index (κ2) is 6.59. The molecule has 0 aliphatic carbocycles. The zero-order chi connectivity index (χ0) is 16.4. The maximum Gasteiger partial charge on any atom is 0.0723 e. The third-order valence-electron chi connectivity index (χ3n) is 4.55. The first-order valence-corrected chi connectivity index (χ1v) is 8.33. The molecule has 0 bridgehead atoms. The minimum Gasteiger partial charge on any atom is -0.398 e. The van der Waals surface area contributed by atoms with Crippen LogP contribution in [0.4, 0.5) is 5.69 Å². The van der Waals surface area contributed by atoms with Crippen LogP contribution in [0.5, 0.6) is 0 Å². The fraction of sp³-hybridized carbons (Fsp3) is 0.250. The number of nitrogen functional groups attached to an aromatic ring is 1. The van der Waals surface area contributed by atoms with E-state index in [4.69, 9.17) is 10.5 Å². The van der Waals surface area contributed by atoms with Crippen LogP contribution in [0.2, 0.25) is 0 Å². The van der Waals surface area contributed by atoms with Crippen LogP contribution < -0.4 is 5.73 Å². The van der Waals surface area contributed by atoms with Crippen molar-refractivity contribution in [2.45, 2.75) is 6.54 Å². The molecule has 0 saturated carbocycles. The monoisotopic (exact) mass is 319 g/mol. The number of rotatable bonds is 3. The van der Waals surface area contributed by atoms with E-state index < -0.39 is 0 Å². The van der Waals surface area contributed by atoms with Gasteiger partial charge in [0.2, 0.25) is 0 Å². The summed E-state index contributed by atoms with van der Waals surface area (Å²) in [7, 11) is 0. The fourth-order valence-corrected chi connectivity index (χ4v) is 3.21. The molecule has 0 radical (unpaired) electrons. The molecule has 0 unspecified atom stereocenters. The molecule has 0 atom stereocenters. The average molecular weight is 319 g/mol. The molecule has 0 amide bonds. The third kappa shape index (κ3) is 3.11. The number of hydrogen-bond acceptors (Lipinski definition) is 4.